The van der Waals surface area contributed by atoms with Crippen LogP contribution < -0.4 is 5.32 Å². The van der Waals surface area contributed by atoms with E-state index in [4.69, 9.17) is 0 Å². The molecule has 2 heterocycles. The number of hydrogen-bond donors (Lipinski definition) is 2. The summed E-state index contributed by atoms with van der Waals surface area (Å²) in [5, 5.41) is 10.7. The van der Waals surface area contributed by atoms with E-state index in [0.29, 0.717) is 5.69 Å². The molecule has 2 aromatic heterocycles. The molecule has 0 aliphatic heterocycles. The molecule has 1 atom stereocenters. The Morgan fingerprint density at radius 3 is 2.76 bits per heavy atom. The van der Waals surface area contributed by atoms with Crippen LogP contribution in [0.4, 0.5) is 0 Å². The van der Waals surface area contributed by atoms with Gasteiger partial charge in [-0.25, -0.2) is 0 Å². The van der Waals surface area contributed by atoms with Crippen LogP contribution in [0.5, 0.6) is 0 Å². The smallest absolute Gasteiger partial charge is 0.268 e. The molecular weight excluding hydrogens is 312 g/mol. The molecule has 5 nitrogen and oxygen atoms in total. The standard InChI is InChI=1S/C20H20N4O/c1-12(17-11-21-24(3)13(17)2)22-20(25)19-10-16-15-7-5-4-6-14(15)8-9-18(16)23-19/h4-12,23H,1-3H3,(H,22,25)/t12-/m1/s1. The number of nitrogens with one attached hydrogen (secondary N) is 2. The van der Waals surface area contributed by atoms with E-state index in [1.165, 1.54) is 5.39 Å². The van der Waals surface area contributed by atoms with Crippen molar-refractivity contribution < 1.29 is 4.79 Å². The zero-order chi connectivity index (χ0) is 17.6. The Kier molecular flexibility index (Phi) is 3.57. The monoisotopic (exact) mass is 332 g/mol. The van der Waals surface area contributed by atoms with Gasteiger partial charge in [-0.15, -0.1) is 0 Å². The van der Waals surface area contributed by atoms with Crippen LogP contribution >= 0.6 is 0 Å². The molecule has 25 heavy (non-hydrogen) atoms. The molecule has 126 valence electrons. The van der Waals surface area contributed by atoms with E-state index in [-0.39, 0.29) is 11.9 Å². The van der Waals surface area contributed by atoms with Crippen molar-refractivity contribution in [3.05, 3.63) is 65.6 Å². The second-order valence-electron chi connectivity index (χ2n) is 6.44. The number of benzene rings is 2. The molecule has 0 aliphatic rings. The largest absolute Gasteiger partial charge is 0.351 e. The fourth-order valence-corrected chi connectivity index (χ4v) is 3.30. The number of nitrogens with zero attached hydrogens (tertiary/aromatic N) is 2. The average molecular weight is 332 g/mol. The summed E-state index contributed by atoms with van der Waals surface area (Å²) in [6.45, 7) is 3.97. The molecule has 2 N–H and O–H groups in total. The average Bonchev–Trinajstić information content (AvgIpc) is 3.19. The number of rotatable bonds is 3. The first-order chi connectivity index (χ1) is 12.0. The van der Waals surface area contributed by atoms with E-state index in [0.717, 1.165) is 27.5 Å². The second kappa shape index (κ2) is 5.77. The molecule has 0 fully saturated rings. The SMILES string of the molecule is Cc1c([C@@H](C)NC(=O)c2cc3c(ccc4ccccc43)[nH]2)cnn1C. The lowest BCUT2D eigenvalue weighted by Crippen LogP contribution is -2.27. The van der Waals surface area contributed by atoms with E-state index in [1.807, 2.05) is 49.8 Å². The highest BCUT2D eigenvalue weighted by Crippen LogP contribution is 2.26. The third-order valence-electron chi connectivity index (χ3n) is 4.86. The highest BCUT2D eigenvalue weighted by atomic mass is 16.1. The maximum absolute atomic E-state index is 12.7. The summed E-state index contributed by atoms with van der Waals surface area (Å²) in [5.74, 6) is -0.115. The number of carbonyl (C=O) groups excluding carboxylic acids is 1. The predicted octanol–water partition coefficient (Wildman–Crippen LogP) is 3.85. The van der Waals surface area contributed by atoms with Gasteiger partial charge in [0.2, 0.25) is 0 Å². The van der Waals surface area contributed by atoms with Crippen LogP contribution in [0.25, 0.3) is 21.7 Å². The van der Waals surface area contributed by atoms with Crippen molar-refractivity contribution in [2.24, 2.45) is 7.05 Å². The first kappa shape index (κ1) is 15.4. The molecule has 0 saturated heterocycles. The lowest BCUT2D eigenvalue weighted by molar-refractivity contribution is 0.0935. The Balaban J connectivity index is 1.66. The Bertz CT molecular complexity index is 1090. The summed E-state index contributed by atoms with van der Waals surface area (Å²) in [6, 6.07) is 14.1. The Hall–Kier alpha value is -3.08. The van der Waals surface area contributed by atoms with Gasteiger partial charge in [-0.1, -0.05) is 30.3 Å². The fourth-order valence-electron chi connectivity index (χ4n) is 3.30. The predicted molar refractivity (Wildman–Crippen MR) is 99.6 cm³/mol. The number of aryl methyl sites for hydroxylation is 1. The van der Waals surface area contributed by atoms with Gasteiger partial charge < -0.3 is 10.3 Å². The zero-order valence-electron chi connectivity index (χ0n) is 14.5. The van der Waals surface area contributed by atoms with Crippen molar-refractivity contribution in [3.63, 3.8) is 0 Å². The van der Waals surface area contributed by atoms with E-state index in [9.17, 15) is 4.79 Å². The summed E-state index contributed by atoms with van der Waals surface area (Å²) in [6.07, 6.45) is 1.80. The summed E-state index contributed by atoms with van der Waals surface area (Å²) < 4.78 is 1.81. The molecule has 5 heteroatoms. The normalized spacial score (nSPS) is 12.6. The molecule has 0 saturated carbocycles. The number of aromatic nitrogens is 3. The fraction of sp³-hybridized carbons (Fsp3) is 0.200. The lowest BCUT2D eigenvalue weighted by atomic mass is 10.1. The van der Waals surface area contributed by atoms with Gasteiger partial charge in [0.1, 0.15) is 5.69 Å². The topological polar surface area (TPSA) is 62.7 Å². The Labute approximate surface area is 145 Å². The number of hydrogen-bond acceptors (Lipinski definition) is 2. The van der Waals surface area contributed by atoms with Crippen LogP contribution in [-0.2, 0) is 7.05 Å². The van der Waals surface area contributed by atoms with Gasteiger partial charge in [0.25, 0.3) is 5.91 Å². The molecule has 0 unspecified atom stereocenters. The van der Waals surface area contributed by atoms with E-state index >= 15 is 0 Å². The molecule has 4 aromatic rings. The number of amides is 1. The van der Waals surface area contributed by atoms with Crippen molar-refractivity contribution in [1.29, 1.82) is 0 Å². The number of carbonyl (C=O) groups is 1. The summed E-state index contributed by atoms with van der Waals surface area (Å²) in [7, 11) is 1.90. The van der Waals surface area contributed by atoms with Crippen LogP contribution in [0.2, 0.25) is 0 Å². The van der Waals surface area contributed by atoms with E-state index < -0.39 is 0 Å². The second-order valence-corrected chi connectivity index (χ2v) is 6.44. The molecule has 0 bridgehead atoms. The molecule has 4 rings (SSSR count). The van der Waals surface area contributed by atoms with Crippen LogP contribution in [0.15, 0.2) is 48.7 Å². The van der Waals surface area contributed by atoms with Gasteiger partial charge >= 0.3 is 0 Å². The maximum Gasteiger partial charge on any atom is 0.268 e. The quantitative estimate of drug-likeness (QED) is 0.598. The maximum atomic E-state index is 12.7. The minimum Gasteiger partial charge on any atom is -0.351 e. The van der Waals surface area contributed by atoms with E-state index in [2.05, 4.69) is 33.6 Å². The molecule has 1 amide bonds. The van der Waals surface area contributed by atoms with Crippen LogP contribution in [0.1, 0.15) is 34.7 Å². The van der Waals surface area contributed by atoms with Crippen LogP contribution in [0, 0.1) is 6.92 Å². The van der Waals surface area contributed by atoms with Gasteiger partial charge in [-0.2, -0.15) is 5.10 Å². The van der Waals surface area contributed by atoms with Gasteiger partial charge in [0, 0.05) is 29.2 Å². The number of H-pyrrole nitrogens is 1. The molecule has 2 aromatic carbocycles. The Morgan fingerprint density at radius 1 is 1.20 bits per heavy atom. The third kappa shape index (κ3) is 2.58. The van der Waals surface area contributed by atoms with E-state index in [1.54, 1.807) is 6.20 Å². The first-order valence-electron chi connectivity index (χ1n) is 8.34. The number of aromatic amines is 1. The Morgan fingerprint density at radius 2 is 2.00 bits per heavy atom. The van der Waals surface area contributed by atoms with Gasteiger partial charge in [0.15, 0.2) is 0 Å². The highest BCUT2D eigenvalue weighted by molar-refractivity contribution is 6.09. The number of fused-ring (bicyclic) bond motifs is 3. The third-order valence-corrected chi connectivity index (χ3v) is 4.86. The molecule has 0 spiro atoms. The van der Waals surface area contributed by atoms with Crippen molar-refractivity contribution in [2.45, 2.75) is 19.9 Å². The lowest BCUT2D eigenvalue weighted by Gasteiger charge is -2.13. The van der Waals surface area contributed by atoms with Crippen LogP contribution in [0.3, 0.4) is 0 Å². The van der Waals surface area contributed by atoms with Crippen molar-refractivity contribution in [1.82, 2.24) is 20.1 Å². The molecular formula is C20H20N4O. The summed E-state index contributed by atoms with van der Waals surface area (Å²) >= 11 is 0. The minimum absolute atomic E-state index is 0.107. The van der Waals surface area contributed by atoms with Crippen molar-refractivity contribution in [2.75, 3.05) is 0 Å². The van der Waals surface area contributed by atoms with Gasteiger partial charge in [0.05, 0.1) is 12.2 Å². The minimum atomic E-state index is -0.115. The highest BCUT2D eigenvalue weighted by Gasteiger charge is 2.17. The molecule has 0 aliphatic carbocycles. The summed E-state index contributed by atoms with van der Waals surface area (Å²) in [5.41, 5.74) is 3.61. The van der Waals surface area contributed by atoms with Gasteiger partial charge in [-0.05, 0) is 36.8 Å². The van der Waals surface area contributed by atoms with Gasteiger partial charge in [-0.3, -0.25) is 9.48 Å². The van der Waals surface area contributed by atoms with Crippen molar-refractivity contribution >= 4 is 27.6 Å². The zero-order valence-corrected chi connectivity index (χ0v) is 14.5. The molecule has 0 radical (unpaired) electrons. The van der Waals surface area contributed by atoms with Crippen molar-refractivity contribution in [3.8, 4) is 0 Å². The summed E-state index contributed by atoms with van der Waals surface area (Å²) in [4.78, 5) is 15.9. The van der Waals surface area contributed by atoms with Crippen LogP contribution in [-0.4, -0.2) is 20.7 Å². The first-order valence-corrected chi connectivity index (χ1v) is 8.34.